The van der Waals surface area contributed by atoms with Crippen LogP contribution in [0.15, 0.2) is 29.4 Å². The van der Waals surface area contributed by atoms with Crippen molar-refractivity contribution in [1.29, 1.82) is 0 Å². The number of nitrogens with one attached hydrogen (secondary N) is 1. The summed E-state index contributed by atoms with van der Waals surface area (Å²) in [5, 5.41) is 6.58. The Labute approximate surface area is 81.6 Å². The minimum atomic E-state index is -0.186. The second-order valence-corrected chi connectivity index (χ2v) is 3.04. The van der Waals surface area contributed by atoms with Crippen LogP contribution in [-0.2, 0) is 9.63 Å². The molecule has 0 bridgehead atoms. The van der Waals surface area contributed by atoms with E-state index in [1.165, 1.54) is 0 Å². The first-order chi connectivity index (χ1) is 6.77. The minimum Gasteiger partial charge on any atom is -0.385 e. The Morgan fingerprint density at radius 2 is 2.21 bits per heavy atom. The molecule has 0 saturated heterocycles. The Bertz CT molecular complexity index is 399. The summed E-state index contributed by atoms with van der Waals surface area (Å²) >= 11 is 0. The van der Waals surface area contributed by atoms with Crippen LogP contribution in [0.5, 0.6) is 0 Å². The third-order valence-corrected chi connectivity index (χ3v) is 1.99. The first kappa shape index (κ1) is 8.74. The molecule has 2 rings (SSSR count). The van der Waals surface area contributed by atoms with Crippen LogP contribution in [0, 0.1) is 0 Å². The van der Waals surface area contributed by atoms with Crippen LogP contribution >= 0.6 is 0 Å². The van der Waals surface area contributed by atoms with Crippen molar-refractivity contribution >= 4 is 17.3 Å². The number of carbonyl (C=O) groups is 1. The number of hydrogen-bond acceptors (Lipinski definition) is 3. The van der Waals surface area contributed by atoms with Crippen LogP contribution in [0.4, 0.5) is 5.69 Å². The topological polar surface area (TPSA) is 50.7 Å². The predicted molar refractivity (Wildman–Crippen MR) is 53.2 cm³/mol. The van der Waals surface area contributed by atoms with E-state index < -0.39 is 0 Å². The zero-order valence-electron chi connectivity index (χ0n) is 7.78. The maximum absolute atomic E-state index is 11.2. The summed E-state index contributed by atoms with van der Waals surface area (Å²) in [6.45, 7) is 1.81. The number of benzene rings is 1. The van der Waals surface area contributed by atoms with Crippen LogP contribution in [0.1, 0.15) is 12.5 Å². The molecule has 4 nitrogen and oxygen atoms in total. The molecule has 72 valence electrons. The molecule has 1 N–H and O–H groups in total. The van der Waals surface area contributed by atoms with Crippen LogP contribution < -0.4 is 5.32 Å². The normalized spacial score (nSPS) is 15.5. The Balaban J connectivity index is 2.48. The molecule has 0 fully saturated rings. The Morgan fingerprint density at radius 1 is 1.43 bits per heavy atom. The molecule has 0 atom stereocenters. The van der Waals surface area contributed by atoms with Gasteiger partial charge in [-0.2, -0.15) is 0 Å². The van der Waals surface area contributed by atoms with Crippen molar-refractivity contribution in [3.05, 3.63) is 29.8 Å². The Kier molecular flexibility index (Phi) is 2.18. The fourth-order valence-corrected chi connectivity index (χ4v) is 1.33. The number of para-hydroxylation sites is 1. The third-order valence-electron chi connectivity index (χ3n) is 1.99. The summed E-state index contributed by atoms with van der Waals surface area (Å²) in [5.74, 6) is -0.186. The third kappa shape index (κ3) is 1.59. The summed E-state index contributed by atoms with van der Waals surface area (Å²) in [6, 6.07) is 7.50. The van der Waals surface area contributed by atoms with Crippen LogP contribution in [-0.4, -0.2) is 18.2 Å². The zero-order chi connectivity index (χ0) is 9.97. The molecule has 1 aromatic carbocycles. The van der Waals surface area contributed by atoms with Gasteiger partial charge in [0.2, 0.25) is 0 Å². The lowest BCUT2D eigenvalue weighted by atomic mass is 10.1. The van der Waals surface area contributed by atoms with E-state index >= 15 is 0 Å². The van der Waals surface area contributed by atoms with Gasteiger partial charge in [-0.3, -0.25) is 4.79 Å². The van der Waals surface area contributed by atoms with E-state index in [0.717, 1.165) is 17.0 Å². The van der Waals surface area contributed by atoms with Crippen molar-refractivity contribution in [3.8, 4) is 0 Å². The van der Waals surface area contributed by atoms with Crippen molar-refractivity contribution in [3.63, 3.8) is 0 Å². The van der Waals surface area contributed by atoms with Crippen LogP contribution in [0.2, 0.25) is 0 Å². The molecule has 4 heteroatoms. The quantitative estimate of drug-likeness (QED) is 0.671. The summed E-state index contributed by atoms with van der Waals surface area (Å²) < 4.78 is 0. The average molecular weight is 190 g/mol. The zero-order valence-corrected chi connectivity index (χ0v) is 7.78. The number of amides is 1. The molecule has 0 unspecified atom stereocenters. The second-order valence-electron chi connectivity index (χ2n) is 3.04. The smallest absolute Gasteiger partial charge is 0.265 e. The number of anilines is 1. The minimum absolute atomic E-state index is 0.0360. The van der Waals surface area contributed by atoms with Gasteiger partial charge in [-0.05, 0) is 13.0 Å². The first-order valence-electron chi connectivity index (χ1n) is 4.33. The highest BCUT2D eigenvalue weighted by Gasteiger charge is 2.12. The maximum Gasteiger partial charge on any atom is 0.265 e. The lowest BCUT2D eigenvalue weighted by Gasteiger charge is -2.13. The molecule has 1 heterocycles. The number of oxime groups is 1. The number of carbonyl (C=O) groups excluding carboxylic acids is 1. The summed E-state index contributed by atoms with van der Waals surface area (Å²) in [4.78, 5) is 16.0. The van der Waals surface area contributed by atoms with Crippen molar-refractivity contribution in [2.75, 3.05) is 11.9 Å². The van der Waals surface area contributed by atoms with Gasteiger partial charge in [0.25, 0.3) is 5.91 Å². The van der Waals surface area contributed by atoms with Crippen LogP contribution in [0.25, 0.3) is 0 Å². The van der Waals surface area contributed by atoms with E-state index in [1.54, 1.807) is 0 Å². The first-order valence-corrected chi connectivity index (χ1v) is 4.33. The van der Waals surface area contributed by atoms with Gasteiger partial charge in [-0.15, -0.1) is 0 Å². The molecular weight excluding hydrogens is 180 g/mol. The summed E-state index contributed by atoms with van der Waals surface area (Å²) in [6.07, 6.45) is 0. The SMILES string of the molecule is CC1=NOCC(=O)Nc2ccccc21. The number of rotatable bonds is 0. The van der Waals surface area contributed by atoms with Gasteiger partial charge < -0.3 is 10.2 Å². The maximum atomic E-state index is 11.2. The molecule has 1 amide bonds. The fourth-order valence-electron chi connectivity index (χ4n) is 1.33. The largest absolute Gasteiger partial charge is 0.385 e. The van der Waals surface area contributed by atoms with E-state index in [9.17, 15) is 4.79 Å². The van der Waals surface area contributed by atoms with Crippen molar-refractivity contribution in [2.45, 2.75) is 6.92 Å². The molecule has 14 heavy (non-hydrogen) atoms. The van der Waals surface area contributed by atoms with Gasteiger partial charge in [0, 0.05) is 5.56 Å². The lowest BCUT2D eigenvalue weighted by Crippen LogP contribution is -2.21. The van der Waals surface area contributed by atoms with Gasteiger partial charge in [-0.1, -0.05) is 23.4 Å². The molecule has 1 aliphatic heterocycles. The molecule has 1 aromatic rings. The van der Waals surface area contributed by atoms with Gasteiger partial charge >= 0.3 is 0 Å². The van der Waals surface area contributed by atoms with E-state index in [0.29, 0.717) is 0 Å². The molecular formula is C10H10N2O2. The van der Waals surface area contributed by atoms with Gasteiger partial charge in [0.05, 0.1) is 11.4 Å². The average Bonchev–Trinajstić information content (AvgIpc) is 2.16. The molecule has 0 aliphatic carbocycles. The van der Waals surface area contributed by atoms with Crippen LogP contribution in [0.3, 0.4) is 0 Å². The van der Waals surface area contributed by atoms with E-state index in [-0.39, 0.29) is 12.5 Å². The fraction of sp³-hybridized carbons (Fsp3) is 0.200. The molecule has 0 radical (unpaired) electrons. The van der Waals surface area contributed by atoms with Gasteiger partial charge in [0.1, 0.15) is 0 Å². The highest BCUT2D eigenvalue weighted by Crippen LogP contribution is 2.17. The van der Waals surface area contributed by atoms with Crippen molar-refractivity contribution in [1.82, 2.24) is 0 Å². The van der Waals surface area contributed by atoms with Gasteiger partial charge in [0.15, 0.2) is 6.61 Å². The van der Waals surface area contributed by atoms with E-state index in [2.05, 4.69) is 10.5 Å². The highest BCUT2D eigenvalue weighted by atomic mass is 16.6. The number of fused-ring (bicyclic) bond motifs is 1. The molecule has 0 saturated carbocycles. The Morgan fingerprint density at radius 3 is 3.07 bits per heavy atom. The lowest BCUT2D eigenvalue weighted by molar-refractivity contribution is -0.120. The predicted octanol–water partition coefficient (Wildman–Crippen LogP) is 1.38. The summed E-state index contributed by atoms with van der Waals surface area (Å²) in [5.41, 5.74) is 2.43. The number of hydrogen-bond donors (Lipinski definition) is 1. The standard InChI is InChI=1S/C10H10N2O2/c1-7-8-4-2-3-5-9(8)11-10(13)6-14-12-7/h2-5H,6H2,1H3,(H,11,13). The van der Waals surface area contributed by atoms with E-state index in [4.69, 9.17) is 4.84 Å². The van der Waals surface area contributed by atoms with Gasteiger partial charge in [-0.25, -0.2) is 0 Å². The molecule has 0 aromatic heterocycles. The summed E-state index contributed by atoms with van der Waals surface area (Å²) in [7, 11) is 0. The van der Waals surface area contributed by atoms with Crippen molar-refractivity contribution in [2.24, 2.45) is 5.16 Å². The molecule has 0 spiro atoms. The van der Waals surface area contributed by atoms with Crippen molar-refractivity contribution < 1.29 is 9.63 Å². The second kappa shape index (κ2) is 3.49. The number of nitrogens with zero attached hydrogens (tertiary/aromatic N) is 1. The molecule has 1 aliphatic rings. The monoisotopic (exact) mass is 190 g/mol. The van der Waals surface area contributed by atoms with E-state index in [1.807, 2.05) is 31.2 Å². The highest BCUT2D eigenvalue weighted by molar-refractivity contribution is 6.07. The Hall–Kier alpha value is -1.84.